The molecule has 1 aromatic rings. The molecular weight excluding hydrogens is 340 g/mol. The van der Waals surface area contributed by atoms with Gasteiger partial charge in [0.15, 0.2) is 0 Å². The molecule has 0 saturated carbocycles. The van der Waals surface area contributed by atoms with E-state index in [-0.39, 0.29) is 11.2 Å². The molecule has 0 fully saturated rings. The van der Waals surface area contributed by atoms with Crippen LogP contribution >= 0.6 is 0 Å². The highest BCUT2D eigenvalue weighted by molar-refractivity contribution is 5.49. The first-order chi connectivity index (χ1) is 12.9. The normalized spacial score (nSPS) is 17.2. The minimum Gasteiger partial charge on any atom is -0.372 e. The minimum atomic E-state index is -0.346. The number of rotatable bonds is 7. The maximum absolute atomic E-state index is 12.3. The van der Waals surface area contributed by atoms with Crippen molar-refractivity contribution in [2.24, 2.45) is 14.1 Å². The average Bonchev–Trinajstić information content (AvgIpc) is 2.63. The first-order valence-electron chi connectivity index (χ1n) is 9.71. The van der Waals surface area contributed by atoms with Crippen LogP contribution < -0.4 is 21.9 Å². The predicted molar refractivity (Wildman–Crippen MR) is 112 cm³/mol. The first kappa shape index (κ1) is 20.8. The molecule has 0 aromatic carbocycles. The topological polar surface area (TPSA) is 68.1 Å². The van der Waals surface area contributed by atoms with Gasteiger partial charge in [-0.25, -0.2) is 4.79 Å². The summed E-state index contributed by atoms with van der Waals surface area (Å²) in [5.74, 6) is 0.567. The molecule has 2 rings (SSSR count). The van der Waals surface area contributed by atoms with Crippen LogP contribution in [0.4, 0.5) is 5.69 Å². The monoisotopic (exact) mass is 372 g/mol. The summed E-state index contributed by atoms with van der Waals surface area (Å²) in [5, 5.41) is 6.24. The van der Waals surface area contributed by atoms with Crippen LogP contribution in [-0.2, 0) is 14.1 Å². The molecule has 0 amide bonds. The van der Waals surface area contributed by atoms with Gasteiger partial charge in [0.05, 0.1) is 5.82 Å². The number of aromatic nitrogens is 2. The van der Waals surface area contributed by atoms with Crippen molar-refractivity contribution in [1.82, 2.24) is 14.5 Å². The Morgan fingerprint density at radius 3 is 2.70 bits per heavy atom. The van der Waals surface area contributed by atoms with Crippen LogP contribution in [0.25, 0.3) is 0 Å². The van der Waals surface area contributed by atoms with Gasteiger partial charge in [0, 0.05) is 26.3 Å². The quantitative estimate of drug-likeness (QED) is 0.570. The molecule has 0 spiro atoms. The first-order valence-corrected chi connectivity index (χ1v) is 9.71. The summed E-state index contributed by atoms with van der Waals surface area (Å²) in [6.45, 7) is 6.47. The molecule has 1 aliphatic rings. The summed E-state index contributed by atoms with van der Waals surface area (Å²) in [5.41, 5.74) is 1.86. The van der Waals surface area contributed by atoms with Crippen molar-refractivity contribution in [1.29, 1.82) is 0 Å². The van der Waals surface area contributed by atoms with Crippen LogP contribution in [0.3, 0.4) is 0 Å². The second-order valence-electron chi connectivity index (χ2n) is 7.10. The Hall–Kier alpha value is -2.50. The van der Waals surface area contributed by atoms with Crippen LogP contribution in [0, 0.1) is 6.92 Å². The predicted octanol–water partition coefficient (Wildman–Crippen LogP) is 3.09. The molecule has 148 valence electrons. The average molecular weight is 373 g/mol. The summed E-state index contributed by atoms with van der Waals surface area (Å²) in [4.78, 5) is 24.2. The van der Waals surface area contributed by atoms with Crippen molar-refractivity contribution in [2.75, 3.05) is 11.9 Å². The molecule has 6 heteroatoms. The summed E-state index contributed by atoms with van der Waals surface area (Å²) < 4.78 is 2.55. The fraction of sp³-hybridized carbons (Fsp3) is 0.524. The van der Waals surface area contributed by atoms with Gasteiger partial charge in [0.25, 0.3) is 5.56 Å². The van der Waals surface area contributed by atoms with Gasteiger partial charge in [-0.15, -0.1) is 0 Å². The fourth-order valence-corrected chi connectivity index (χ4v) is 3.21. The highest BCUT2D eigenvalue weighted by Crippen LogP contribution is 2.18. The van der Waals surface area contributed by atoms with E-state index in [0.717, 1.165) is 30.4 Å². The van der Waals surface area contributed by atoms with Gasteiger partial charge in [-0.3, -0.25) is 13.9 Å². The number of anilines is 1. The van der Waals surface area contributed by atoms with E-state index in [1.165, 1.54) is 37.3 Å². The molecular formula is C21H32N4O2. The van der Waals surface area contributed by atoms with Crippen LogP contribution in [0.5, 0.6) is 0 Å². The Kier molecular flexibility index (Phi) is 7.70. The number of allylic oxidation sites excluding steroid dienone is 4. The third-order valence-electron chi connectivity index (χ3n) is 5.05. The van der Waals surface area contributed by atoms with Gasteiger partial charge in [0.1, 0.15) is 5.69 Å². The Morgan fingerprint density at radius 2 is 1.93 bits per heavy atom. The van der Waals surface area contributed by atoms with Gasteiger partial charge in [-0.05, 0) is 51.9 Å². The molecule has 27 heavy (non-hydrogen) atoms. The minimum absolute atomic E-state index is 0.334. The molecule has 6 nitrogen and oxygen atoms in total. The van der Waals surface area contributed by atoms with E-state index in [2.05, 4.69) is 35.4 Å². The number of nitrogens with zero attached hydrogens (tertiary/aromatic N) is 2. The van der Waals surface area contributed by atoms with Gasteiger partial charge in [-0.2, -0.15) is 0 Å². The van der Waals surface area contributed by atoms with E-state index >= 15 is 0 Å². The van der Waals surface area contributed by atoms with Gasteiger partial charge >= 0.3 is 5.69 Å². The standard InChI is InChI=1S/C21H32N4O2/c1-16-19(20(26)25(4)21(27)24(16)3)23-17(2)22-15-11-10-14-18-12-8-6-5-7-9-13-18/h5-6,14,22-23H,2,7-13,15H2,1,3-4H3/b6-5+,18-14+. The molecule has 0 radical (unpaired) electrons. The molecule has 1 aliphatic carbocycles. The van der Waals surface area contributed by atoms with Gasteiger partial charge < -0.3 is 10.6 Å². The van der Waals surface area contributed by atoms with E-state index < -0.39 is 0 Å². The molecule has 1 heterocycles. The lowest BCUT2D eigenvalue weighted by atomic mass is 9.99. The van der Waals surface area contributed by atoms with Crippen LogP contribution in [0.1, 0.15) is 50.6 Å². The van der Waals surface area contributed by atoms with E-state index in [0.29, 0.717) is 17.2 Å². The van der Waals surface area contributed by atoms with E-state index in [4.69, 9.17) is 0 Å². The van der Waals surface area contributed by atoms with Crippen molar-refractivity contribution in [2.45, 2.75) is 51.9 Å². The highest BCUT2D eigenvalue weighted by atomic mass is 16.2. The van der Waals surface area contributed by atoms with E-state index in [9.17, 15) is 9.59 Å². The number of unbranched alkanes of at least 4 members (excludes halogenated alkanes) is 1. The summed E-state index contributed by atoms with van der Waals surface area (Å²) in [6, 6.07) is 0. The maximum atomic E-state index is 12.3. The maximum Gasteiger partial charge on any atom is 0.330 e. The second-order valence-corrected chi connectivity index (χ2v) is 7.10. The van der Waals surface area contributed by atoms with Crippen molar-refractivity contribution < 1.29 is 0 Å². The number of nitrogens with one attached hydrogen (secondary N) is 2. The fourth-order valence-electron chi connectivity index (χ4n) is 3.21. The molecule has 0 saturated heterocycles. The lowest BCUT2D eigenvalue weighted by Gasteiger charge is -2.16. The van der Waals surface area contributed by atoms with E-state index in [1.54, 1.807) is 19.5 Å². The zero-order valence-electron chi connectivity index (χ0n) is 16.8. The zero-order valence-corrected chi connectivity index (χ0v) is 16.8. The van der Waals surface area contributed by atoms with Crippen molar-refractivity contribution in [3.05, 3.63) is 62.7 Å². The van der Waals surface area contributed by atoms with Crippen LogP contribution in [-0.4, -0.2) is 15.7 Å². The summed E-state index contributed by atoms with van der Waals surface area (Å²) in [6.07, 6.45) is 15.0. The molecule has 2 N–H and O–H groups in total. The van der Waals surface area contributed by atoms with Gasteiger partial charge in [0.2, 0.25) is 0 Å². The number of hydrogen-bond acceptors (Lipinski definition) is 4. The summed E-state index contributed by atoms with van der Waals surface area (Å²) in [7, 11) is 3.13. The zero-order chi connectivity index (χ0) is 19.8. The van der Waals surface area contributed by atoms with Crippen molar-refractivity contribution in [3.8, 4) is 0 Å². The van der Waals surface area contributed by atoms with Gasteiger partial charge in [-0.1, -0.05) is 30.4 Å². The Morgan fingerprint density at radius 1 is 1.19 bits per heavy atom. The summed E-state index contributed by atoms with van der Waals surface area (Å²) >= 11 is 0. The van der Waals surface area contributed by atoms with Crippen LogP contribution in [0.2, 0.25) is 0 Å². The van der Waals surface area contributed by atoms with Crippen molar-refractivity contribution in [3.63, 3.8) is 0 Å². The largest absolute Gasteiger partial charge is 0.372 e. The molecule has 0 unspecified atom stereocenters. The molecule has 1 aromatic heterocycles. The molecule has 0 aliphatic heterocycles. The van der Waals surface area contributed by atoms with Crippen LogP contribution in [0.15, 0.2) is 45.8 Å². The third kappa shape index (κ3) is 5.74. The SMILES string of the molecule is C=C(NCCC/C=C1\CC/C=C/CCC1)Nc1c(C)n(C)c(=O)n(C)c1=O. The Balaban J connectivity index is 1.83. The molecule has 0 atom stereocenters. The smallest absolute Gasteiger partial charge is 0.330 e. The number of hydrogen-bond donors (Lipinski definition) is 2. The van der Waals surface area contributed by atoms with Crippen molar-refractivity contribution >= 4 is 5.69 Å². The Labute approximate surface area is 161 Å². The third-order valence-corrected chi connectivity index (χ3v) is 5.05. The highest BCUT2D eigenvalue weighted by Gasteiger charge is 2.12. The Bertz CT molecular complexity index is 843. The lowest BCUT2D eigenvalue weighted by molar-refractivity contribution is 0.668. The molecule has 0 bridgehead atoms. The second kappa shape index (κ2) is 10.00. The lowest BCUT2D eigenvalue weighted by Crippen LogP contribution is -2.40. The van der Waals surface area contributed by atoms with E-state index in [1.807, 2.05) is 0 Å².